The van der Waals surface area contributed by atoms with Gasteiger partial charge >= 0.3 is 0 Å². The third-order valence-corrected chi connectivity index (χ3v) is 5.07. The number of benzene rings is 1. The lowest BCUT2D eigenvalue weighted by molar-refractivity contribution is 0.137. The molecule has 1 aromatic carbocycles. The van der Waals surface area contributed by atoms with E-state index in [0.29, 0.717) is 5.02 Å². The summed E-state index contributed by atoms with van der Waals surface area (Å²) in [6, 6.07) is 8.33. The first kappa shape index (κ1) is 15.3. The lowest BCUT2D eigenvalue weighted by Crippen LogP contribution is -2.37. The Morgan fingerprint density at radius 1 is 1.24 bits per heavy atom. The van der Waals surface area contributed by atoms with Crippen LogP contribution in [0.4, 0.5) is 0 Å². The maximum absolute atomic E-state index is 10.3. The molecular formula is C17H25ClN2O. The first-order chi connectivity index (χ1) is 10.2. The molecule has 0 aliphatic carbocycles. The van der Waals surface area contributed by atoms with Crippen LogP contribution >= 0.6 is 11.6 Å². The molecule has 116 valence electrons. The second-order valence-corrected chi connectivity index (χ2v) is 6.78. The van der Waals surface area contributed by atoms with Gasteiger partial charge in [0, 0.05) is 24.2 Å². The second-order valence-electron chi connectivity index (χ2n) is 6.35. The lowest BCUT2D eigenvalue weighted by atomic mass is 10.1. The Morgan fingerprint density at radius 2 is 2.10 bits per heavy atom. The van der Waals surface area contributed by atoms with E-state index in [1.54, 1.807) is 0 Å². The highest BCUT2D eigenvalue weighted by Crippen LogP contribution is 2.24. The Kier molecular flexibility index (Phi) is 5.17. The molecule has 0 saturated carbocycles. The average molecular weight is 309 g/mol. The zero-order valence-electron chi connectivity index (χ0n) is 12.5. The van der Waals surface area contributed by atoms with Crippen molar-refractivity contribution in [2.45, 2.75) is 37.8 Å². The number of aliphatic hydroxyl groups excluding tert-OH is 1. The van der Waals surface area contributed by atoms with E-state index in [0.717, 1.165) is 31.1 Å². The summed E-state index contributed by atoms with van der Waals surface area (Å²) < 4.78 is 0. The fraction of sp³-hybridized carbons (Fsp3) is 0.647. The summed E-state index contributed by atoms with van der Waals surface area (Å²) in [5.41, 5.74) is 0.930. The van der Waals surface area contributed by atoms with Crippen LogP contribution in [0.1, 0.15) is 37.4 Å². The van der Waals surface area contributed by atoms with Crippen molar-refractivity contribution < 1.29 is 5.11 Å². The molecule has 2 aliphatic rings. The zero-order chi connectivity index (χ0) is 14.7. The summed E-state index contributed by atoms with van der Waals surface area (Å²) in [7, 11) is 0. The number of hydrogen-bond donors (Lipinski definition) is 1. The highest BCUT2D eigenvalue weighted by molar-refractivity contribution is 6.30. The molecule has 4 heteroatoms. The van der Waals surface area contributed by atoms with Crippen molar-refractivity contribution in [3.63, 3.8) is 0 Å². The summed E-state index contributed by atoms with van der Waals surface area (Å²) in [6.45, 7) is 5.83. The van der Waals surface area contributed by atoms with Gasteiger partial charge in [-0.1, -0.05) is 23.7 Å². The van der Waals surface area contributed by atoms with Crippen LogP contribution in [0, 0.1) is 0 Å². The Hall–Kier alpha value is -0.610. The molecular weight excluding hydrogens is 284 g/mol. The van der Waals surface area contributed by atoms with Crippen molar-refractivity contribution in [2.24, 2.45) is 0 Å². The van der Waals surface area contributed by atoms with Gasteiger partial charge in [0.2, 0.25) is 0 Å². The molecule has 0 aromatic heterocycles. The van der Waals surface area contributed by atoms with Gasteiger partial charge in [-0.2, -0.15) is 0 Å². The molecule has 2 heterocycles. The van der Waals surface area contributed by atoms with E-state index in [-0.39, 0.29) is 0 Å². The SMILES string of the molecule is OC(CCN1CCCN2CCCC2C1)c1cccc(Cl)c1. The van der Waals surface area contributed by atoms with Gasteiger partial charge in [0.15, 0.2) is 0 Å². The molecule has 2 fully saturated rings. The van der Waals surface area contributed by atoms with Crippen LogP contribution in [0.5, 0.6) is 0 Å². The van der Waals surface area contributed by atoms with Crippen LogP contribution in [0.15, 0.2) is 24.3 Å². The summed E-state index contributed by atoms with van der Waals surface area (Å²) in [5.74, 6) is 0. The number of aliphatic hydroxyl groups is 1. The number of nitrogens with zero attached hydrogens (tertiary/aromatic N) is 2. The molecule has 3 rings (SSSR count). The van der Waals surface area contributed by atoms with Crippen LogP contribution in [-0.4, -0.2) is 53.7 Å². The van der Waals surface area contributed by atoms with Crippen LogP contribution in [0.3, 0.4) is 0 Å². The molecule has 0 radical (unpaired) electrons. The van der Waals surface area contributed by atoms with Gasteiger partial charge in [-0.15, -0.1) is 0 Å². The Labute approximate surface area is 132 Å². The number of halogens is 1. The van der Waals surface area contributed by atoms with Crippen molar-refractivity contribution in [3.8, 4) is 0 Å². The molecule has 3 nitrogen and oxygen atoms in total. The molecule has 0 spiro atoms. The molecule has 2 aliphatic heterocycles. The highest BCUT2D eigenvalue weighted by atomic mass is 35.5. The average Bonchev–Trinajstić information content (AvgIpc) is 2.83. The molecule has 1 N–H and O–H groups in total. The van der Waals surface area contributed by atoms with Gasteiger partial charge in [0.05, 0.1) is 6.10 Å². The number of hydrogen-bond acceptors (Lipinski definition) is 3. The predicted molar refractivity (Wildman–Crippen MR) is 86.7 cm³/mol. The van der Waals surface area contributed by atoms with Crippen LogP contribution in [0.2, 0.25) is 5.02 Å². The van der Waals surface area contributed by atoms with E-state index >= 15 is 0 Å². The lowest BCUT2D eigenvalue weighted by Gasteiger charge is -2.26. The third kappa shape index (κ3) is 3.98. The fourth-order valence-electron chi connectivity index (χ4n) is 3.67. The maximum atomic E-state index is 10.3. The van der Waals surface area contributed by atoms with Crippen molar-refractivity contribution in [1.29, 1.82) is 0 Å². The van der Waals surface area contributed by atoms with E-state index in [1.165, 1.54) is 38.9 Å². The minimum Gasteiger partial charge on any atom is -0.388 e. The van der Waals surface area contributed by atoms with Gasteiger partial charge < -0.3 is 10.0 Å². The number of fused-ring (bicyclic) bond motifs is 1. The minimum atomic E-state index is -0.411. The zero-order valence-corrected chi connectivity index (χ0v) is 13.3. The van der Waals surface area contributed by atoms with Gasteiger partial charge in [0.1, 0.15) is 0 Å². The van der Waals surface area contributed by atoms with Crippen molar-refractivity contribution in [3.05, 3.63) is 34.9 Å². The molecule has 2 atom stereocenters. The monoisotopic (exact) mass is 308 g/mol. The van der Waals surface area contributed by atoms with E-state index < -0.39 is 6.10 Å². The van der Waals surface area contributed by atoms with Crippen molar-refractivity contribution >= 4 is 11.6 Å². The van der Waals surface area contributed by atoms with E-state index in [2.05, 4.69) is 9.80 Å². The largest absolute Gasteiger partial charge is 0.388 e. The van der Waals surface area contributed by atoms with E-state index in [4.69, 9.17) is 11.6 Å². The predicted octanol–water partition coefficient (Wildman–Crippen LogP) is 2.93. The molecule has 1 aromatic rings. The Balaban J connectivity index is 1.52. The van der Waals surface area contributed by atoms with Crippen molar-refractivity contribution in [1.82, 2.24) is 9.80 Å². The van der Waals surface area contributed by atoms with Crippen molar-refractivity contribution in [2.75, 3.05) is 32.7 Å². The topological polar surface area (TPSA) is 26.7 Å². The van der Waals surface area contributed by atoms with Crippen LogP contribution < -0.4 is 0 Å². The molecule has 0 bridgehead atoms. The molecule has 2 unspecified atom stereocenters. The quantitative estimate of drug-likeness (QED) is 0.926. The first-order valence-electron chi connectivity index (χ1n) is 8.12. The third-order valence-electron chi connectivity index (χ3n) is 4.84. The maximum Gasteiger partial charge on any atom is 0.0802 e. The summed E-state index contributed by atoms with van der Waals surface area (Å²) in [4.78, 5) is 5.18. The van der Waals surface area contributed by atoms with Crippen LogP contribution in [0.25, 0.3) is 0 Å². The van der Waals surface area contributed by atoms with Gasteiger partial charge in [-0.25, -0.2) is 0 Å². The minimum absolute atomic E-state index is 0.411. The summed E-state index contributed by atoms with van der Waals surface area (Å²) in [5, 5.41) is 11.0. The van der Waals surface area contributed by atoms with Gasteiger partial charge in [-0.3, -0.25) is 4.90 Å². The smallest absolute Gasteiger partial charge is 0.0802 e. The van der Waals surface area contributed by atoms with E-state index in [1.807, 2.05) is 24.3 Å². The second kappa shape index (κ2) is 7.10. The standard InChI is InChI=1S/C17H25ClN2O/c18-15-5-1-4-14(12-15)17(21)7-11-19-8-3-10-20-9-2-6-16(20)13-19/h1,4-5,12,16-17,21H,2-3,6-11,13H2. The number of rotatable bonds is 4. The summed E-state index contributed by atoms with van der Waals surface area (Å²) in [6.07, 6.45) is 4.32. The Morgan fingerprint density at radius 3 is 2.95 bits per heavy atom. The van der Waals surface area contributed by atoms with Gasteiger partial charge in [-0.05, 0) is 63.0 Å². The summed E-state index contributed by atoms with van der Waals surface area (Å²) >= 11 is 5.99. The van der Waals surface area contributed by atoms with Gasteiger partial charge in [0.25, 0.3) is 0 Å². The normalized spacial score (nSPS) is 25.5. The first-order valence-corrected chi connectivity index (χ1v) is 8.50. The fourth-order valence-corrected chi connectivity index (χ4v) is 3.87. The molecule has 21 heavy (non-hydrogen) atoms. The molecule has 2 saturated heterocycles. The van der Waals surface area contributed by atoms with E-state index in [9.17, 15) is 5.11 Å². The molecule has 0 amide bonds. The Bertz CT molecular complexity index is 468. The van der Waals surface area contributed by atoms with Crippen LogP contribution in [-0.2, 0) is 0 Å². The highest BCUT2D eigenvalue weighted by Gasteiger charge is 2.28.